The molecule has 0 aromatic rings. The molecule has 0 amide bonds. The van der Waals surface area contributed by atoms with E-state index in [2.05, 4.69) is 83.1 Å². The van der Waals surface area contributed by atoms with E-state index in [1.54, 1.807) is 0 Å². The normalized spacial score (nSPS) is 18.0. The summed E-state index contributed by atoms with van der Waals surface area (Å²) >= 11 is 0. The molecular formula is C30H66KNO3Si2. The summed E-state index contributed by atoms with van der Waals surface area (Å²) in [6.45, 7) is 35.3. The van der Waals surface area contributed by atoms with E-state index >= 15 is 0 Å². The molecular weight excluding hydrogens is 518 g/mol. The number of hydrogen-bond donors (Lipinski definition) is 0. The van der Waals surface area contributed by atoms with E-state index in [-0.39, 0.29) is 51.4 Å². The minimum Gasteiger partial charge on any atom is -0.665 e. The van der Waals surface area contributed by atoms with Crippen molar-refractivity contribution in [1.82, 2.24) is 0 Å². The van der Waals surface area contributed by atoms with Gasteiger partial charge in [0.15, 0.2) is 0 Å². The fraction of sp³-hybridized carbons (Fsp3) is 1.00. The van der Waals surface area contributed by atoms with Gasteiger partial charge in [-0.2, -0.15) is 0 Å². The SMILES string of the molecule is C1CCOC1.C1CCOC1.C1CCOC1.CC(C)[Si]([N-][Si](C(C)C)(C(C)C)C(C)C)(C(C)C)C(C)C.[K+]. The van der Waals surface area contributed by atoms with Crippen molar-refractivity contribution in [3.63, 3.8) is 0 Å². The molecule has 0 unspecified atom stereocenters. The van der Waals surface area contributed by atoms with Crippen LogP contribution in [0, 0.1) is 0 Å². The minimum atomic E-state index is -1.66. The van der Waals surface area contributed by atoms with E-state index in [4.69, 9.17) is 18.9 Å². The van der Waals surface area contributed by atoms with Crippen LogP contribution in [0.4, 0.5) is 0 Å². The molecule has 0 atom stereocenters. The molecule has 3 aliphatic heterocycles. The van der Waals surface area contributed by atoms with E-state index < -0.39 is 16.5 Å². The zero-order valence-corrected chi connectivity index (χ0v) is 32.7. The van der Waals surface area contributed by atoms with Gasteiger partial charge in [0.2, 0.25) is 0 Å². The van der Waals surface area contributed by atoms with Crippen LogP contribution in [0.5, 0.6) is 0 Å². The molecule has 3 saturated heterocycles. The summed E-state index contributed by atoms with van der Waals surface area (Å²) in [5.41, 5.74) is 4.42. The maximum atomic E-state index is 6.01. The van der Waals surface area contributed by atoms with Gasteiger partial charge in [-0.1, -0.05) is 116 Å². The van der Waals surface area contributed by atoms with E-state index in [1.165, 1.54) is 38.5 Å². The Balaban J connectivity index is 0. The summed E-state index contributed by atoms with van der Waals surface area (Å²) < 4.78 is 20.8. The quantitative estimate of drug-likeness (QED) is 0.286. The van der Waals surface area contributed by atoms with Gasteiger partial charge < -0.3 is 18.9 Å². The van der Waals surface area contributed by atoms with E-state index in [9.17, 15) is 0 Å². The fourth-order valence-corrected chi connectivity index (χ4v) is 23.5. The first-order valence-electron chi connectivity index (χ1n) is 15.3. The number of rotatable bonds is 8. The summed E-state index contributed by atoms with van der Waals surface area (Å²) in [5, 5.41) is 0. The van der Waals surface area contributed by atoms with E-state index in [0.717, 1.165) is 72.9 Å². The van der Waals surface area contributed by atoms with Gasteiger partial charge in [0.1, 0.15) is 0 Å². The third-order valence-electron chi connectivity index (χ3n) is 8.42. The van der Waals surface area contributed by atoms with Crippen LogP contribution in [0.1, 0.15) is 122 Å². The van der Waals surface area contributed by atoms with Crippen LogP contribution in [0.15, 0.2) is 0 Å². The summed E-state index contributed by atoms with van der Waals surface area (Å²) in [7, 11) is -3.33. The number of ether oxygens (including phenoxy) is 3. The second-order valence-electron chi connectivity index (χ2n) is 12.8. The van der Waals surface area contributed by atoms with Crippen molar-refractivity contribution in [1.29, 1.82) is 0 Å². The average molecular weight is 584 g/mol. The van der Waals surface area contributed by atoms with Gasteiger partial charge in [-0.25, -0.2) is 0 Å². The molecule has 4 nitrogen and oxygen atoms in total. The van der Waals surface area contributed by atoms with Gasteiger partial charge in [0.05, 0.1) is 0 Å². The molecule has 0 aromatic heterocycles. The first-order valence-corrected chi connectivity index (χ1v) is 19.7. The van der Waals surface area contributed by atoms with Crippen molar-refractivity contribution in [2.45, 2.75) is 155 Å². The molecule has 7 heteroatoms. The van der Waals surface area contributed by atoms with Crippen molar-refractivity contribution in [2.75, 3.05) is 39.6 Å². The van der Waals surface area contributed by atoms with E-state index in [0.29, 0.717) is 0 Å². The Morgan fingerprint density at radius 3 is 0.622 bits per heavy atom. The topological polar surface area (TPSA) is 41.8 Å². The molecule has 0 bridgehead atoms. The van der Waals surface area contributed by atoms with Crippen LogP contribution >= 0.6 is 0 Å². The minimum absolute atomic E-state index is 0. The maximum Gasteiger partial charge on any atom is 1.00 e. The van der Waals surface area contributed by atoms with Crippen LogP contribution in [0.2, 0.25) is 33.2 Å². The smallest absolute Gasteiger partial charge is 0.665 e. The molecule has 0 N–H and O–H groups in total. The van der Waals surface area contributed by atoms with Crippen molar-refractivity contribution >= 4 is 16.5 Å². The summed E-state index contributed by atoms with van der Waals surface area (Å²) in [5.74, 6) is 0. The predicted octanol–water partition coefficient (Wildman–Crippen LogP) is 7.11. The molecule has 218 valence electrons. The van der Waals surface area contributed by atoms with Crippen LogP contribution in [0.25, 0.3) is 4.65 Å². The van der Waals surface area contributed by atoms with Crippen molar-refractivity contribution < 1.29 is 65.6 Å². The third-order valence-corrected chi connectivity index (χ3v) is 22.6. The Morgan fingerprint density at radius 2 is 0.541 bits per heavy atom. The Morgan fingerprint density at radius 1 is 0.378 bits per heavy atom. The van der Waals surface area contributed by atoms with Crippen LogP contribution < -0.4 is 51.4 Å². The Labute approximate surface area is 278 Å². The predicted molar refractivity (Wildman–Crippen MR) is 166 cm³/mol. The molecule has 0 aliphatic carbocycles. The van der Waals surface area contributed by atoms with Crippen molar-refractivity contribution in [3.8, 4) is 0 Å². The standard InChI is InChI=1S/C18H42NSi2.3C4H8O.K/c1-13(2)20(14(3)4,15(5)6)19-21(16(7)8,17(9)10)18(11)12;3*1-2-4-5-3-1;/h13-18H,1-12H3;3*1-4H2;/q-1;;;;+1. The summed E-state index contributed by atoms with van der Waals surface area (Å²) in [4.78, 5) is 0. The van der Waals surface area contributed by atoms with Gasteiger partial charge in [0, 0.05) is 39.6 Å². The largest absolute Gasteiger partial charge is 1.00 e. The monoisotopic (exact) mass is 583 g/mol. The Kier molecular flexibility index (Phi) is 25.0. The molecule has 0 radical (unpaired) electrons. The fourth-order valence-electron chi connectivity index (χ4n) is 6.64. The molecule has 3 rings (SSSR count). The summed E-state index contributed by atoms with van der Waals surface area (Å²) in [6, 6.07) is 0. The van der Waals surface area contributed by atoms with Crippen LogP contribution in [0.3, 0.4) is 0 Å². The van der Waals surface area contributed by atoms with Gasteiger partial charge in [-0.3, -0.25) is 0 Å². The Bertz CT molecular complexity index is 399. The second kappa shape index (κ2) is 22.5. The molecule has 0 spiro atoms. The second-order valence-corrected chi connectivity index (χ2v) is 24.1. The molecule has 3 aliphatic rings. The molecule has 37 heavy (non-hydrogen) atoms. The average Bonchev–Trinajstić information content (AvgIpc) is 3.61. The van der Waals surface area contributed by atoms with Crippen LogP contribution in [-0.4, -0.2) is 56.1 Å². The van der Waals surface area contributed by atoms with E-state index in [1.807, 2.05) is 0 Å². The molecule has 0 saturated carbocycles. The first kappa shape index (κ1) is 41.0. The zero-order valence-electron chi connectivity index (χ0n) is 27.6. The van der Waals surface area contributed by atoms with Gasteiger partial charge in [0.25, 0.3) is 0 Å². The molecule has 3 fully saturated rings. The zero-order chi connectivity index (χ0) is 27.8. The molecule has 3 heterocycles. The van der Waals surface area contributed by atoms with Crippen LogP contribution in [-0.2, 0) is 14.2 Å². The third kappa shape index (κ3) is 14.1. The van der Waals surface area contributed by atoms with Crippen molar-refractivity contribution in [3.05, 3.63) is 4.65 Å². The number of hydrogen-bond acceptors (Lipinski definition) is 3. The van der Waals surface area contributed by atoms with Gasteiger partial charge in [-0.15, -0.1) is 0 Å². The summed E-state index contributed by atoms with van der Waals surface area (Å²) in [6.07, 6.45) is 7.67. The maximum absolute atomic E-state index is 6.01. The van der Waals surface area contributed by atoms with Gasteiger partial charge in [-0.05, 0) is 55.0 Å². The Hall–Kier alpha value is 1.91. The first-order chi connectivity index (χ1) is 16.9. The molecule has 0 aromatic carbocycles. The van der Waals surface area contributed by atoms with Crippen molar-refractivity contribution in [2.24, 2.45) is 0 Å². The number of nitrogens with zero attached hydrogens (tertiary/aromatic N) is 1. The van der Waals surface area contributed by atoms with Gasteiger partial charge >= 0.3 is 51.4 Å².